The maximum absolute atomic E-state index is 12.0. The van der Waals surface area contributed by atoms with Gasteiger partial charge in [0.05, 0.1) is 12.2 Å². The number of hydrogen-bond donors (Lipinski definition) is 0. The fraction of sp³-hybridized carbons (Fsp3) is 0.481. The fourth-order valence-corrected chi connectivity index (χ4v) is 6.47. The van der Waals surface area contributed by atoms with Crippen molar-refractivity contribution in [3.8, 4) is 17.4 Å². The van der Waals surface area contributed by atoms with Crippen LogP contribution in [0.3, 0.4) is 0 Å². The molecule has 0 saturated carbocycles. The Morgan fingerprint density at radius 1 is 1.26 bits per heavy atom. The van der Waals surface area contributed by atoms with Crippen molar-refractivity contribution in [3.05, 3.63) is 59.3 Å². The summed E-state index contributed by atoms with van der Waals surface area (Å²) in [6, 6.07) is 7.99. The van der Waals surface area contributed by atoms with E-state index in [1.165, 1.54) is 17.3 Å². The second-order valence-electron chi connectivity index (χ2n) is 9.66. The Kier molecular flexibility index (Phi) is 5.45. The Hall–Kier alpha value is -3.10. The third kappa shape index (κ3) is 3.34. The van der Waals surface area contributed by atoms with E-state index in [1.54, 1.807) is 26.2 Å². The lowest BCUT2D eigenvalue weighted by Gasteiger charge is -2.56. The number of nitrogens with zero attached hydrogens (tertiary/aromatic N) is 2. The van der Waals surface area contributed by atoms with E-state index in [-0.39, 0.29) is 24.4 Å². The van der Waals surface area contributed by atoms with Crippen LogP contribution in [-0.4, -0.2) is 68.2 Å². The Morgan fingerprint density at radius 2 is 2.14 bits per heavy atom. The molecule has 2 aliphatic heterocycles. The lowest BCUT2D eigenvalue weighted by molar-refractivity contribution is -0.0396. The number of pyridine rings is 1. The minimum atomic E-state index is -0.392. The predicted molar refractivity (Wildman–Crippen MR) is 127 cm³/mol. The SMILES string of the molecule is CCOC(=O)c1ccc(O[C@H]2C=C[C@H]3[C@H]4Cc5ccc(OCOC)c6c5[C@@]3(CCN4C)[C@H]2O6)nc1. The standard InChI is InChI=1S/C27H30N2O6/c1-4-32-26(30)17-6-10-22(28-14-17)34-21-9-7-18-19-13-16-5-8-20(33-15-31-3)24-23(16)27(18,25(21)35-24)11-12-29(19)2/h5-10,14,18-19,21,25H,4,11-13,15H2,1-3H3/t18-,19+,21-,25-,27-/m0/s1. The van der Waals surface area contributed by atoms with Gasteiger partial charge in [0, 0.05) is 42.3 Å². The van der Waals surface area contributed by atoms with Crippen molar-refractivity contribution in [1.29, 1.82) is 0 Å². The molecule has 2 aromatic rings. The second kappa shape index (κ2) is 8.53. The van der Waals surface area contributed by atoms with Crippen LogP contribution in [0.25, 0.3) is 0 Å². The van der Waals surface area contributed by atoms with E-state index >= 15 is 0 Å². The lowest BCUT2D eigenvalue weighted by Crippen LogP contribution is -2.65. The van der Waals surface area contributed by atoms with Crippen molar-refractivity contribution in [2.75, 3.05) is 34.1 Å². The minimum absolute atomic E-state index is 0.163. The van der Waals surface area contributed by atoms with Crippen molar-refractivity contribution in [2.24, 2.45) is 5.92 Å². The van der Waals surface area contributed by atoms with E-state index in [1.807, 2.05) is 6.07 Å². The average molecular weight is 479 g/mol. The Bertz CT molecular complexity index is 1170. The highest BCUT2D eigenvalue weighted by Crippen LogP contribution is 2.62. The number of carbonyl (C=O) groups is 1. The number of carbonyl (C=O) groups excluding carboxylic acids is 1. The lowest BCUT2D eigenvalue weighted by atomic mass is 9.53. The van der Waals surface area contributed by atoms with E-state index in [4.69, 9.17) is 23.7 Å². The number of likely N-dealkylation sites (tertiary alicyclic amines) is 1. The molecule has 0 amide bonds. The van der Waals surface area contributed by atoms with Crippen LogP contribution in [0.1, 0.15) is 34.8 Å². The number of rotatable bonds is 7. The van der Waals surface area contributed by atoms with Crippen LogP contribution in [0.4, 0.5) is 0 Å². The summed E-state index contributed by atoms with van der Waals surface area (Å²) in [5.41, 5.74) is 2.81. The number of methoxy groups -OCH3 is 1. The Labute approximate surface area is 204 Å². The van der Waals surface area contributed by atoms with Gasteiger partial charge in [-0.05, 0) is 57.1 Å². The molecule has 1 saturated heterocycles. The average Bonchev–Trinajstić information content (AvgIpc) is 3.22. The van der Waals surface area contributed by atoms with Gasteiger partial charge in [-0.3, -0.25) is 0 Å². The topological polar surface area (TPSA) is 79.4 Å². The third-order valence-electron chi connectivity index (χ3n) is 7.95. The van der Waals surface area contributed by atoms with E-state index in [9.17, 15) is 4.79 Å². The molecule has 2 aliphatic carbocycles. The molecule has 8 heteroatoms. The molecule has 184 valence electrons. The largest absolute Gasteiger partial charge is 0.481 e. The molecule has 1 aromatic carbocycles. The summed E-state index contributed by atoms with van der Waals surface area (Å²) >= 11 is 0. The number of likely N-dealkylation sites (N-methyl/N-ethyl adjacent to an activating group) is 1. The van der Waals surface area contributed by atoms with E-state index in [0.717, 1.165) is 25.1 Å². The first-order chi connectivity index (χ1) is 17.1. The van der Waals surface area contributed by atoms with Crippen molar-refractivity contribution in [1.82, 2.24) is 9.88 Å². The minimum Gasteiger partial charge on any atom is -0.481 e. The molecule has 4 aliphatic rings. The van der Waals surface area contributed by atoms with Crippen LogP contribution in [0.15, 0.2) is 42.6 Å². The van der Waals surface area contributed by atoms with E-state index in [0.29, 0.717) is 35.8 Å². The molecule has 8 nitrogen and oxygen atoms in total. The molecule has 1 fully saturated rings. The summed E-state index contributed by atoms with van der Waals surface area (Å²) in [6.07, 6.45) is 7.35. The van der Waals surface area contributed by atoms with Crippen LogP contribution in [0.2, 0.25) is 0 Å². The number of benzene rings is 1. The van der Waals surface area contributed by atoms with Crippen LogP contribution >= 0.6 is 0 Å². The maximum atomic E-state index is 12.0. The molecule has 6 rings (SSSR count). The maximum Gasteiger partial charge on any atom is 0.339 e. The van der Waals surface area contributed by atoms with Crippen LogP contribution in [0.5, 0.6) is 17.4 Å². The predicted octanol–water partition coefficient (Wildman–Crippen LogP) is 3.13. The third-order valence-corrected chi connectivity index (χ3v) is 7.95. The summed E-state index contributed by atoms with van der Waals surface area (Å²) in [5.74, 6) is 1.91. The molecule has 5 atom stereocenters. The molecule has 3 heterocycles. The fourth-order valence-electron chi connectivity index (χ4n) is 6.47. The summed E-state index contributed by atoms with van der Waals surface area (Å²) in [5, 5.41) is 0. The van der Waals surface area contributed by atoms with E-state index in [2.05, 4.69) is 35.1 Å². The Morgan fingerprint density at radius 3 is 2.91 bits per heavy atom. The van der Waals surface area contributed by atoms with Gasteiger partial charge in [0.1, 0.15) is 6.10 Å². The quantitative estimate of drug-likeness (QED) is 0.341. The Balaban J connectivity index is 1.36. The molecular formula is C27H30N2O6. The van der Waals surface area contributed by atoms with Gasteiger partial charge in [-0.25, -0.2) is 9.78 Å². The highest BCUT2D eigenvalue weighted by Gasteiger charge is 2.65. The van der Waals surface area contributed by atoms with Gasteiger partial charge >= 0.3 is 5.97 Å². The van der Waals surface area contributed by atoms with Gasteiger partial charge < -0.3 is 28.6 Å². The normalized spacial score (nSPS) is 29.8. The smallest absolute Gasteiger partial charge is 0.339 e. The van der Waals surface area contributed by atoms with E-state index < -0.39 is 5.97 Å². The van der Waals surface area contributed by atoms with Crippen molar-refractivity contribution >= 4 is 5.97 Å². The molecule has 0 radical (unpaired) electrons. The highest BCUT2D eigenvalue weighted by atomic mass is 16.7. The summed E-state index contributed by atoms with van der Waals surface area (Å²) in [6.45, 7) is 3.26. The van der Waals surface area contributed by atoms with Gasteiger partial charge in [0.25, 0.3) is 0 Å². The summed E-state index contributed by atoms with van der Waals surface area (Å²) in [7, 11) is 3.83. The monoisotopic (exact) mass is 478 g/mol. The molecule has 35 heavy (non-hydrogen) atoms. The van der Waals surface area contributed by atoms with Crippen LogP contribution in [-0.2, 0) is 21.3 Å². The van der Waals surface area contributed by atoms with Gasteiger partial charge in [-0.15, -0.1) is 0 Å². The number of aromatic nitrogens is 1. The molecule has 2 bridgehead atoms. The van der Waals surface area contributed by atoms with Gasteiger partial charge in [0.2, 0.25) is 5.88 Å². The van der Waals surface area contributed by atoms with Crippen molar-refractivity contribution < 1.29 is 28.5 Å². The van der Waals surface area contributed by atoms with Crippen molar-refractivity contribution in [3.63, 3.8) is 0 Å². The molecular weight excluding hydrogens is 448 g/mol. The highest BCUT2D eigenvalue weighted by molar-refractivity contribution is 5.89. The molecule has 1 spiro atoms. The first kappa shape index (κ1) is 22.4. The zero-order valence-corrected chi connectivity index (χ0v) is 20.2. The molecule has 1 aromatic heterocycles. The summed E-state index contributed by atoms with van der Waals surface area (Å²) < 4.78 is 29.3. The zero-order chi connectivity index (χ0) is 24.2. The van der Waals surface area contributed by atoms with Crippen molar-refractivity contribution in [2.45, 2.75) is 43.4 Å². The van der Waals surface area contributed by atoms with Crippen LogP contribution in [0, 0.1) is 5.92 Å². The van der Waals surface area contributed by atoms with Gasteiger partial charge in [0.15, 0.2) is 24.4 Å². The number of ether oxygens (including phenoxy) is 5. The zero-order valence-electron chi connectivity index (χ0n) is 20.2. The molecule has 0 unspecified atom stereocenters. The first-order valence-electron chi connectivity index (χ1n) is 12.2. The second-order valence-corrected chi connectivity index (χ2v) is 9.66. The summed E-state index contributed by atoms with van der Waals surface area (Å²) in [4.78, 5) is 18.8. The number of esters is 1. The number of piperidine rings is 1. The first-order valence-corrected chi connectivity index (χ1v) is 12.2. The van der Waals surface area contributed by atoms with Gasteiger partial charge in [-0.2, -0.15) is 0 Å². The van der Waals surface area contributed by atoms with Crippen LogP contribution < -0.4 is 14.2 Å². The molecule has 0 N–H and O–H groups in total. The van der Waals surface area contributed by atoms with Gasteiger partial charge in [-0.1, -0.05) is 12.1 Å². The number of hydrogen-bond acceptors (Lipinski definition) is 8.